The van der Waals surface area contributed by atoms with Gasteiger partial charge in [-0.25, -0.2) is 0 Å². The highest BCUT2D eigenvalue weighted by atomic mass is 16.3. The first kappa shape index (κ1) is 15.9. The van der Waals surface area contributed by atoms with E-state index >= 15 is 0 Å². The molecular formula is C21H21NO3. The van der Waals surface area contributed by atoms with Gasteiger partial charge in [-0.05, 0) is 36.5 Å². The summed E-state index contributed by atoms with van der Waals surface area (Å²) in [6.07, 6.45) is 1.12. The van der Waals surface area contributed by atoms with Crippen molar-refractivity contribution in [2.45, 2.75) is 18.9 Å². The van der Waals surface area contributed by atoms with Gasteiger partial charge in [0.05, 0.1) is 6.10 Å². The smallest absolute Gasteiger partial charge is 0.289 e. The molecule has 4 nitrogen and oxygen atoms in total. The third kappa shape index (κ3) is 3.17. The van der Waals surface area contributed by atoms with Gasteiger partial charge >= 0.3 is 0 Å². The summed E-state index contributed by atoms with van der Waals surface area (Å²) in [6.45, 7) is 1.29. The first-order chi connectivity index (χ1) is 12.2. The molecule has 2 aromatic carbocycles. The van der Waals surface area contributed by atoms with Crippen LogP contribution in [0.1, 0.15) is 35.1 Å². The third-order valence-corrected chi connectivity index (χ3v) is 5.05. The summed E-state index contributed by atoms with van der Waals surface area (Å²) >= 11 is 0. The fraction of sp³-hybridized carbons (Fsp3) is 0.286. The summed E-state index contributed by atoms with van der Waals surface area (Å²) < 4.78 is 5.69. The maximum atomic E-state index is 12.7. The fourth-order valence-corrected chi connectivity index (χ4v) is 3.58. The molecule has 1 saturated heterocycles. The van der Waals surface area contributed by atoms with E-state index in [0.29, 0.717) is 18.8 Å². The fourth-order valence-electron chi connectivity index (χ4n) is 3.58. The Labute approximate surface area is 146 Å². The summed E-state index contributed by atoms with van der Waals surface area (Å²) in [6, 6.07) is 19.2. The number of aliphatic hydroxyl groups excluding tert-OH is 1. The van der Waals surface area contributed by atoms with E-state index in [4.69, 9.17) is 4.42 Å². The molecule has 4 rings (SSSR count). The molecule has 128 valence electrons. The molecule has 0 saturated carbocycles. The second-order valence-corrected chi connectivity index (χ2v) is 6.63. The van der Waals surface area contributed by atoms with Gasteiger partial charge in [-0.3, -0.25) is 4.79 Å². The van der Waals surface area contributed by atoms with Crippen LogP contribution in [0.5, 0.6) is 0 Å². The number of para-hydroxylation sites is 1. The molecule has 1 fully saturated rings. The summed E-state index contributed by atoms with van der Waals surface area (Å²) in [4.78, 5) is 14.5. The van der Waals surface area contributed by atoms with Crippen LogP contribution < -0.4 is 0 Å². The molecule has 1 N–H and O–H groups in total. The van der Waals surface area contributed by atoms with Gasteiger partial charge in [-0.1, -0.05) is 48.5 Å². The van der Waals surface area contributed by atoms with Crippen molar-refractivity contribution in [3.8, 4) is 0 Å². The minimum atomic E-state index is -0.468. The molecule has 3 aromatic rings. The SMILES string of the molecule is O=C(c1cc2ccccc2o1)N1CCC([C@@H](O)c2ccccc2)CC1. The molecule has 0 unspecified atom stereocenters. The largest absolute Gasteiger partial charge is 0.451 e. The monoisotopic (exact) mass is 335 g/mol. The standard InChI is InChI=1S/C21H21NO3/c23-20(15-6-2-1-3-7-15)16-10-12-22(13-11-16)21(24)19-14-17-8-4-5-9-18(17)25-19/h1-9,14,16,20,23H,10-13H2/t20-/m0/s1. The summed E-state index contributed by atoms with van der Waals surface area (Å²) in [5.41, 5.74) is 1.68. The van der Waals surface area contributed by atoms with Gasteiger partial charge in [0.2, 0.25) is 0 Å². The molecule has 0 spiro atoms. The lowest BCUT2D eigenvalue weighted by atomic mass is 9.87. The van der Waals surface area contributed by atoms with Crippen LogP contribution in [-0.2, 0) is 0 Å². The van der Waals surface area contributed by atoms with Crippen LogP contribution in [0.15, 0.2) is 65.1 Å². The van der Waals surface area contributed by atoms with E-state index in [9.17, 15) is 9.90 Å². The topological polar surface area (TPSA) is 53.7 Å². The lowest BCUT2D eigenvalue weighted by Gasteiger charge is -2.34. The number of fused-ring (bicyclic) bond motifs is 1. The molecule has 1 amide bonds. The summed E-state index contributed by atoms with van der Waals surface area (Å²) in [5, 5.41) is 11.5. The van der Waals surface area contributed by atoms with Gasteiger partial charge in [0.25, 0.3) is 5.91 Å². The normalized spacial score (nSPS) is 16.9. The van der Waals surface area contributed by atoms with Crippen LogP contribution in [0.4, 0.5) is 0 Å². The molecular weight excluding hydrogens is 314 g/mol. The van der Waals surface area contributed by atoms with Crippen molar-refractivity contribution in [2.75, 3.05) is 13.1 Å². The molecule has 1 aromatic heterocycles. The van der Waals surface area contributed by atoms with Crippen molar-refractivity contribution in [3.63, 3.8) is 0 Å². The zero-order valence-electron chi connectivity index (χ0n) is 14.0. The molecule has 4 heteroatoms. The second-order valence-electron chi connectivity index (χ2n) is 6.63. The first-order valence-corrected chi connectivity index (χ1v) is 8.73. The highest BCUT2D eigenvalue weighted by Crippen LogP contribution is 2.31. The third-order valence-electron chi connectivity index (χ3n) is 5.05. The van der Waals surface area contributed by atoms with E-state index in [1.807, 2.05) is 65.6 Å². The second kappa shape index (κ2) is 6.73. The zero-order valence-corrected chi connectivity index (χ0v) is 14.0. The lowest BCUT2D eigenvalue weighted by molar-refractivity contribution is 0.0444. The van der Waals surface area contributed by atoms with Crippen molar-refractivity contribution in [1.82, 2.24) is 4.90 Å². The molecule has 1 aliphatic heterocycles. The van der Waals surface area contributed by atoms with Crippen molar-refractivity contribution in [2.24, 2.45) is 5.92 Å². The average Bonchev–Trinajstić information content (AvgIpc) is 3.12. The van der Waals surface area contributed by atoms with E-state index < -0.39 is 6.10 Å². The number of hydrogen-bond acceptors (Lipinski definition) is 3. The number of benzene rings is 2. The van der Waals surface area contributed by atoms with Crippen LogP contribution in [-0.4, -0.2) is 29.0 Å². The number of amides is 1. The van der Waals surface area contributed by atoms with Crippen LogP contribution in [0.25, 0.3) is 11.0 Å². The number of rotatable bonds is 3. The Kier molecular flexibility index (Phi) is 4.28. The molecule has 0 aliphatic carbocycles. The minimum Gasteiger partial charge on any atom is -0.451 e. The summed E-state index contributed by atoms with van der Waals surface area (Å²) in [5.74, 6) is 0.509. The Morgan fingerprint density at radius 3 is 2.44 bits per heavy atom. The van der Waals surface area contributed by atoms with Crippen LogP contribution in [0.3, 0.4) is 0 Å². The van der Waals surface area contributed by atoms with Gasteiger partial charge in [-0.15, -0.1) is 0 Å². The molecule has 1 atom stereocenters. The highest BCUT2D eigenvalue weighted by molar-refractivity contribution is 5.96. The van der Waals surface area contributed by atoms with Crippen molar-refractivity contribution >= 4 is 16.9 Å². The number of likely N-dealkylation sites (tertiary alicyclic amines) is 1. The van der Waals surface area contributed by atoms with Crippen LogP contribution in [0, 0.1) is 5.92 Å². The number of nitrogens with zero attached hydrogens (tertiary/aromatic N) is 1. The van der Waals surface area contributed by atoms with Crippen molar-refractivity contribution < 1.29 is 14.3 Å². The molecule has 25 heavy (non-hydrogen) atoms. The predicted octanol–water partition coefficient (Wildman–Crippen LogP) is 4.02. The number of aliphatic hydroxyl groups is 1. The Hall–Kier alpha value is -2.59. The predicted molar refractivity (Wildman–Crippen MR) is 96.2 cm³/mol. The number of carbonyl (C=O) groups excluding carboxylic acids is 1. The molecule has 0 bridgehead atoms. The summed E-state index contributed by atoms with van der Waals surface area (Å²) in [7, 11) is 0. The number of carbonyl (C=O) groups is 1. The lowest BCUT2D eigenvalue weighted by Crippen LogP contribution is -2.39. The van der Waals surface area contributed by atoms with E-state index in [-0.39, 0.29) is 11.8 Å². The number of furan rings is 1. The van der Waals surface area contributed by atoms with Gasteiger partial charge in [0.1, 0.15) is 5.58 Å². The Balaban J connectivity index is 1.42. The van der Waals surface area contributed by atoms with E-state index in [1.54, 1.807) is 0 Å². The zero-order chi connectivity index (χ0) is 17.2. The molecule has 2 heterocycles. The van der Waals surface area contributed by atoms with E-state index in [1.165, 1.54) is 0 Å². The van der Waals surface area contributed by atoms with E-state index in [2.05, 4.69) is 0 Å². The van der Waals surface area contributed by atoms with E-state index in [0.717, 1.165) is 29.4 Å². The Bertz CT molecular complexity index is 830. The van der Waals surface area contributed by atoms with Gasteiger partial charge < -0.3 is 14.4 Å². The minimum absolute atomic E-state index is 0.0659. The van der Waals surface area contributed by atoms with Gasteiger partial charge in [-0.2, -0.15) is 0 Å². The number of piperidine rings is 1. The first-order valence-electron chi connectivity index (χ1n) is 8.73. The molecule has 0 radical (unpaired) electrons. The average molecular weight is 335 g/mol. The van der Waals surface area contributed by atoms with Crippen LogP contribution >= 0.6 is 0 Å². The van der Waals surface area contributed by atoms with Crippen molar-refractivity contribution in [1.29, 1.82) is 0 Å². The van der Waals surface area contributed by atoms with Crippen LogP contribution in [0.2, 0.25) is 0 Å². The highest BCUT2D eigenvalue weighted by Gasteiger charge is 2.29. The quantitative estimate of drug-likeness (QED) is 0.786. The molecule has 1 aliphatic rings. The Morgan fingerprint density at radius 2 is 1.72 bits per heavy atom. The Morgan fingerprint density at radius 1 is 1.04 bits per heavy atom. The van der Waals surface area contributed by atoms with Gasteiger partial charge in [0, 0.05) is 18.5 Å². The maximum Gasteiger partial charge on any atom is 0.289 e. The number of hydrogen-bond donors (Lipinski definition) is 1. The van der Waals surface area contributed by atoms with Crippen molar-refractivity contribution in [3.05, 3.63) is 72.0 Å². The maximum absolute atomic E-state index is 12.7. The van der Waals surface area contributed by atoms with Gasteiger partial charge in [0.15, 0.2) is 5.76 Å².